The van der Waals surface area contributed by atoms with Crippen LogP contribution >= 0.6 is 0 Å². The molecule has 0 radical (unpaired) electrons. The van der Waals surface area contributed by atoms with Crippen molar-refractivity contribution in [2.45, 2.75) is 6.92 Å². The molecule has 1 aromatic heterocycles. The summed E-state index contributed by atoms with van der Waals surface area (Å²) in [6.07, 6.45) is 0. The average molecular weight is 287 g/mol. The molecule has 106 valence electrons. The Morgan fingerprint density at radius 3 is 2.67 bits per heavy atom. The van der Waals surface area contributed by atoms with Crippen molar-refractivity contribution in [1.82, 2.24) is 10.1 Å². The molecule has 0 atom stereocenters. The molecule has 0 spiro atoms. The molecule has 0 fully saturated rings. The summed E-state index contributed by atoms with van der Waals surface area (Å²) in [5.41, 5.74) is 6.88. The van der Waals surface area contributed by atoms with Gasteiger partial charge in [-0.3, -0.25) is 0 Å². The molecule has 3 rings (SSSR count). The van der Waals surface area contributed by atoms with E-state index in [2.05, 4.69) is 10.1 Å². The van der Waals surface area contributed by atoms with Gasteiger partial charge >= 0.3 is 0 Å². The molecular weight excluding hydrogens is 276 g/mol. The van der Waals surface area contributed by atoms with Crippen LogP contribution in [0, 0.1) is 18.6 Å². The topological polar surface area (TPSA) is 64.9 Å². The fraction of sp³-hybridized carbons (Fsp3) is 0.0667. The Morgan fingerprint density at radius 1 is 1.10 bits per heavy atom. The van der Waals surface area contributed by atoms with Crippen LogP contribution in [0.15, 0.2) is 40.9 Å². The summed E-state index contributed by atoms with van der Waals surface area (Å²) in [7, 11) is 0. The van der Waals surface area contributed by atoms with Crippen molar-refractivity contribution in [3.8, 4) is 22.8 Å². The molecule has 4 nitrogen and oxygen atoms in total. The number of hydrogen-bond donors (Lipinski definition) is 1. The fourth-order valence-electron chi connectivity index (χ4n) is 1.91. The van der Waals surface area contributed by atoms with Gasteiger partial charge in [0, 0.05) is 5.56 Å². The molecule has 0 amide bonds. The second kappa shape index (κ2) is 4.97. The molecule has 0 saturated heterocycles. The van der Waals surface area contributed by atoms with E-state index < -0.39 is 5.82 Å². The Morgan fingerprint density at radius 2 is 1.90 bits per heavy atom. The van der Waals surface area contributed by atoms with Crippen LogP contribution in [0.2, 0.25) is 0 Å². The van der Waals surface area contributed by atoms with Gasteiger partial charge < -0.3 is 10.3 Å². The number of rotatable bonds is 2. The second-order valence-corrected chi connectivity index (χ2v) is 4.59. The highest BCUT2D eigenvalue weighted by molar-refractivity contribution is 5.71. The lowest BCUT2D eigenvalue weighted by Crippen LogP contribution is -1.94. The lowest BCUT2D eigenvalue weighted by molar-refractivity contribution is 0.432. The molecule has 6 heteroatoms. The van der Waals surface area contributed by atoms with Gasteiger partial charge in [0.1, 0.15) is 11.6 Å². The number of nitrogen functional groups attached to an aromatic ring is 1. The highest BCUT2D eigenvalue weighted by Gasteiger charge is 2.15. The van der Waals surface area contributed by atoms with Crippen molar-refractivity contribution in [3.05, 3.63) is 53.6 Å². The minimum Gasteiger partial charge on any atom is -0.396 e. The molecule has 21 heavy (non-hydrogen) atoms. The van der Waals surface area contributed by atoms with Gasteiger partial charge in [-0.25, -0.2) is 8.78 Å². The molecule has 0 saturated carbocycles. The SMILES string of the molecule is Cc1ccc(-c2noc(-c3cccc(F)c3N)n2)cc1F. The third-order valence-corrected chi connectivity index (χ3v) is 3.14. The van der Waals surface area contributed by atoms with Crippen molar-refractivity contribution < 1.29 is 13.3 Å². The monoisotopic (exact) mass is 287 g/mol. The van der Waals surface area contributed by atoms with Crippen LogP contribution in [0.1, 0.15) is 5.56 Å². The molecule has 0 aliphatic rings. The average Bonchev–Trinajstić information content (AvgIpc) is 2.94. The van der Waals surface area contributed by atoms with E-state index in [1.54, 1.807) is 25.1 Å². The number of aromatic nitrogens is 2. The highest BCUT2D eigenvalue weighted by atomic mass is 19.1. The third kappa shape index (κ3) is 2.35. The van der Waals surface area contributed by atoms with E-state index in [-0.39, 0.29) is 23.2 Å². The highest BCUT2D eigenvalue weighted by Crippen LogP contribution is 2.28. The molecule has 3 aromatic rings. The van der Waals surface area contributed by atoms with E-state index >= 15 is 0 Å². The summed E-state index contributed by atoms with van der Waals surface area (Å²) in [6, 6.07) is 8.94. The molecule has 0 bridgehead atoms. The first-order chi connectivity index (χ1) is 10.1. The molecule has 2 N–H and O–H groups in total. The summed E-state index contributed by atoms with van der Waals surface area (Å²) < 4.78 is 32.1. The lowest BCUT2D eigenvalue weighted by atomic mass is 10.1. The van der Waals surface area contributed by atoms with Gasteiger partial charge in [0.15, 0.2) is 0 Å². The van der Waals surface area contributed by atoms with E-state index in [0.717, 1.165) is 0 Å². The first-order valence-corrected chi connectivity index (χ1v) is 6.21. The molecule has 0 unspecified atom stereocenters. The predicted molar refractivity (Wildman–Crippen MR) is 74.2 cm³/mol. The van der Waals surface area contributed by atoms with Crippen LogP contribution in [-0.2, 0) is 0 Å². The Labute approximate surface area is 119 Å². The van der Waals surface area contributed by atoms with E-state index in [0.29, 0.717) is 16.7 Å². The third-order valence-electron chi connectivity index (χ3n) is 3.14. The van der Waals surface area contributed by atoms with Gasteiger partial charge in [-0.2, -0.15) is 4.98 Å². The van der Waals surface area contributed by atoms with Crippen molar-refractivity contribution >= 4 is 5.69 Å². The number of nitrogens with zero attached hydrogens (tertiary/aromatic N) is 2. The number of anilines is 1. The minimum absolute atomic E-state index is 0.0669. The van der Waals surface area contributed by atoms with Crippen LogP contribution in [0.5, 0.6) is 0 Å². The molecular formula is C15H11F2N3O. The van der Waals surface area contributed by atoms with Gasteiger partial charge in [0.25, 0.3) is 5.89 Å². The van der Waals surface area contributed by atoms with Crippen molar-refractivity contribution in [3.63, 3.8) is 0 Å². The zero-order valence-electron chi connectivity index (χ0n) is 11.1. The summed E-state index contributed by atoms with van der Waals surface area (Å²) >= 11 is 0. The largest absolute Gasteiger partial charge is 0.396 e. The molecule has 0 aliphatic heterocycles. The standard InChI is InChI=1S/C15H11F2N3O/c1-8-5-6-9(7-12(8)17)14-19-15(21-20-14)10-3-2-4-11(16)13(10)18/h2-7H,18H2,1H3. The number of halogens is 2. The normalized spacial score (nSPS) is 10.8. The molecule has 0 aliphatic carbocycles. The second-order valence-electron chi connectivity index (χ2n) is 4.59. The summed E-state index contributed by atoms with van der Waals surface area (Å²) in [4.78, 5) is 4.13. The first kappa shape index (κ1) is 13.2. The number of nitrogens with two attached hydrogens (primary N) is 1. The lowest BCUT2D eigenvalue weighted by Gasteiger charge is -2.00. The smallest absolute Gasteiger partial charge is 0.260 e. The van der Waals surface area contributed by atoms with Crippen LogP contribution in [-0.4, -0.2) is 10.1 Å². The Balaban J connectivity index is 2.03. The van der Waals surface area contributed by atoms with Crippen LogP contribution in [0.25, 0.3) is 22.8 Å². The maximum absolute atomic E-state index is 13.6. The van der Waals surface area contributed by atoms with Crippen LogP contribution < -0.4 is 5.73 Å². The maximum Gasteiger partial charge on any atom is 0.260 e. The van der Waals surface area contributed by atoms with Gasteiger partial charge in [-0.1, -0.05) is 23.4 Å². The Hall–Kier alpha value is -2.76. The zero-order valence-corrected chi connectivity index (χ0v) is 11.1. The first-order valence-electron chi connectivity index (χ1n) is 6.21. The van der Waals surface area contributed by atoms with Crippen LogP contribution in [0.3, 0.4) is 0 Å². The number of aryl methyl sites for hydroxylation is 1. The van der Waals surface area contributed by atoms with Crippen molar-refractivity contribution in [2.75, 3.05) is 5.73 Å². The summed E-state index contributed by atoms with van der Waals surface area (Å²) in [6.45, 7) is 1.66. The molecule has 2 aromatic carbocycles. The van der Waals surface area contributed by atoms with Gasteiger partial charge in [0.05, 0.1) is 11.3 Å². The number of para-hydroxylation sites is 1. The van der Waals surface area contributed by atoms with Gasteiger partial charge in [-0.05, 0) is 30.7 Å². The van der Waals surface area contributed by atoms with Gasteiger partial charge in [-0.15, -0.1) is 0 Å². The maximum atomic E-state index is 13.6. The van der Waals surface area contributed by atoms with E-state index in [4.69, 9.17) is 10.3 Å². The fourth-order valence-corrected chi connectivity index (χ4v) is 1.91. The van der Waals surface area contributed by atoms with Crippen molar-refractivity contribution in [2.24, 2.45) is 0 Å². The Kier molecular flexibility index (Phi) is 3.13. The van der Waals surface area contributed by atoms with E-state index in [1.165, 1.54) is 18.2 Å². The van der Waals surface area contributed by atoms with E-state index in [1.807, 2.05) is 0 Å². The number of hydrogen-bond acceptors (Lipinski definition) is 4. The van der Waals surface area contributed by atoms with Gasteiger partial charge in [0.2, 0.25) is 5.82 Å². The van der Waals surface area contributed by atoms with Crippen molar-refractivity contribution in [1.29, 1.82) is 0 Å². The quantitative estimate of drug-likeness (QED) is 0.732. The molecule has 1 heterocycles. The summed E-state index contributed by atoms with van der Waals surface area (Å²) in [5.74, 6) is -0.617. The minimum atomic E-state index is -0.561. The Bertz CT molecular complexity index is 814. The predicted octanol–water partition coefficient (Wildman–Crippen LogP) is 3.57. The summed E-state index contributed by atoms with van der Waals surface area (Å²) in [5, 5.41) is 3.77. The van der Waals surface area contributed by atoms with Crippen LogP contribution in [0.4, 0.5) is 14.5 Å². The van der Waals surface area contributed by atoms with E-state index in [9.17, 15) is 8.78 Å². The number of benzene rings is 2. The zero-order chi connectivity index (χ0) is 15.0.